The van der Waals surface area contributed by atoms with E-state index in [0.717, 1.165) is 19.8 Å². The summed E-state index contributed by atoms with van der Waals surface area (Å²) in [6.07, 6.45) is -1.13. The van der Waals surface area contributed by atoms with E-state index < -0.39 is 12.2 Å². The van der Waals surface area contributed by atoms with E-state index in [1.165, 1.54) is 0 Å². The summed E-state index contributed by atoms with van der Waals surface area (Å²) in [6, 6.07) is 0. The van der Waals surface area contributed by atoms with E-state index in [9.17, 15) is 10.2 Å². The molecule has 0 aromatic rings. The van der Waals surface area contributed by atoms with E-state index in [-0.39, 0.29) is 5.41 Å². The molecule has 2 aliphatic rings. The summed E-state index contributed by atoms with van der Waals surface area (Å²) in [4.78, 5) is 2.11. The first-order valence-electron chi connectivity index (χ1n) is 4.75. The fourth-order valence-electron chi connectivity index (χ4n) is 2.06. The molecule has 4 heteroatoms. The highest BCUT2D eigenvalue weighted by atomic mass is 16.5. The molecule has 0 saturated carbocycles. The van der Waals surface area contributed by atoms with Gasteiger partial charge in [0.05, 0.1) is 25.4 Å². The van der Waals surface area contributed by atoms with E-state index in [1.54, 1.807) is 0 Å². The van der Waals surface area contributed by atoms with Crippen LogP contribution >= 0.6 is 0 Å². The van der Waals surface area contributed by atoms with Crippen LogP contribution in [0.4, 0.5) is 0 Å². The molecule has 2 atom stereocenters. The van der Waals surface area contributed by atoms with Crippen LogP contribution in [0, 0.1) is 5.41 Å². The molecule has 0 spiro atoms. The lowest BCUT2D eigenvalue weighted by Gasteiger charge is -2.40. The highest BCUT2D eigenvalue weighted by Crippen LogP contribution is 2.28. The van der Waals surface area contributed by atoms with Crippen molar-refractivity contribution >= 4 is 0 Å². The standard InChI is InChI=1S/C9H17NO3/c1-9(5-13-6-9)4-10-2-7(11)8(12)3-10/h7-8,11-12H,2-6H2,1H3. The van der Waals surface area contributed by atoms with Crippen LogP contribution in [0.15, 0.2) is 0 Å². The number of rotatable bonds is 2. The predicted molar refractivity (Wildman–Crippen MR) is 47.4 cm³/mol. The Balaban J connectivity index is 1.83. The number of hydrogen-bond acceptors (Lipinski definition) is 4. The van der Waals surface area contributed by atoms with Gasteiger partial charge in [0, 0.05) is 25.0 Å². The molecule has 0 aliphatic carbocycles. The Bertz CT molecular complexity index is 183. The SMILES string of the molecule is CC1(CN2CC(O)C(O)C2)COC1. The number of aliphatic hydroxyl groups excluding tert-OH is 2. The Labute approximate surface area is 78.1 Å². The van der Waals surface area contributed by atoms with Crippen molar-refractivity contribution in [2.45, 2.75) is 19.1 Å². The van der Waals surface area contributed by atoms with Gasteiger partial charge in [-0.2, -0.15) is 0 Å². The molecule has 0 radical (unpaired) electrons. The van der Waals surface area contributed by atoms with Crippen molar-refractivity contribution in [1.29, 1.82) is 0 Å². The van der Waals surface area contributed by atoms with Crippen molar-refractivity contribution in [2.75, 3.05) is 32.8 Å². The van der Waals surface area contributed by atoms with Gasteiger partial charge in [0.15, 0.2) is 0 Å². The maximum atomic E-state index is 9.33. The molecule has 2 heterocycles. The molecule has 0 bridgehead atoms. The van der Waals surface area contributed by atoms with Crippen LogP contribution in [-0.2, 0) is 4.74 Å². The monoisotopic (exact) mass is 187 g/mol. The molecular weight excluding hydrogens is 170 g/mol. The molecular formula is C9H17NO3. The summed E-state index contributed by atoms with van der Waals surface area (Å²) in [7, 11) is 0. The molecule has 4 nitrogen and oxygen atoms in total. The minimum atomic E-state index is -0.565. The Morgan fingerprint density at radius 2 is 1.85 bits per heavy atom. The van der Waals surface area contributed by atoms with Crippen molar-refractivity contribution in [3.05, 3.63) is 0 Å². The lowest BCUT2D eigenvalue weighted by atomic mass is 9.88. The number of hydrogen-bond donors (Lipinski definition) is 2. The number of aliphatic hydroxyl groups is 2. The first kappa shape index (κ1) is 9.40. The first-order valence-corrected chi connectivity index (χ1v) is 4.75. The molecule has 2 saturated heterocycles. The van der Waals surface area contributed by atoms with Gasteiger partial charge in [-0.3, -0.25) is 4.90 Å². The third-order valence-electron chi connectivity index (χ3n) is 2.84. The first-order chi connectivity index (χ1) is 6.09. The van der Waals surface area contributed by atoms with E-state index in [4.69, 9.17) is 4.74 Å². The molecule has 2 rings (SSSR count). The van der Waals surface area contributed by atoms with Crippen LogP contribution in [0.25, 0.3) is 0 Å². The van der Waals surface area contributed by atoms with Crippen molar-refractivity contribution in [3.63, 3.8) is 0 Å². The van der Waals surface area contributed by atoms with Crippen molar-refractivity contribution in [3.8, 4) is 0 Å². The van der Waals surface area contributed by atoms with Crippen molar-refractivity contribution in [1.82, 2.24) is 4.90 Å². The van der Waals surface area contributed by atoms with Gasteiger partial charge in [-0.05, 0) is 0 Å². The maximum Gasteiger partial charge on any atom is 0.0938 e. The van der Waals surface area contributed by atoms with Crippen LogP contribution in [0.3, 0.4) is 0 Å². The van der Waals surface area contributed by atoms with Gasteiger partial charge in [-0.25, -0.2) is 0 Å². The van der Waals surface area contributed by atoms with Gasteiger partial charge in [0.25, 0.3) is 0 Å². The van der Waals surface area contributed by atoms with Gasteiger partial charge in [0.1, 0.15) is 0 Å². The van der Waals surface area contributed by atoms with Crippen LogP contribution < -0.4 is 0 Å². The summed E-state index contributed by atoms with van der Waals surface area (Å²) in [5.41, 5.74) is 0.240. The average molecular weight is 187 g/mol. The zero-order chi connectivity index (χ0) is 9.47. The summed E-state index contributed by atoms with van der Waals surface area (Å²) < 4.78 is 5.15. The Morgan fingerprint density at radius 1 is 1.31 bits per heavy atom. The van der Waals surface area contributed by atoms with Gasteiger partial charge in [0.2, 0.25) is 0 Å². The van der Waals surface area contributed by atoms with Gasteiger partial charge >= 0.3 is 0 Å². The Hall–Kier alpha value is -0.160. The number of β-amino-alcohol motifs (C(OH)–C–C–N with tert-alkyl or cyclic N) is 2. The molecule has 76 valence electrons. The predicted octanol–water partition coefficient (Wildman–Crippen LogP) is -0.940. The molecule has 0 amide bonds. The normalized spacial score (nSPS) is 39.0. The minimum Gasteiger partial charge on any atom is -0.389 e. The van der Waals surface area contributed by atoms with Crippen LogP contribution in [-0.4, -0.2) is 60.2 Å². The highest BCUT2D eigenvalue weighted by Gasteiger charge is 2.39. The zero-order valence-corrected chi connectivity index (χ0v) is 7.94. The molecule has 2 unspecified atom stereocenters. The molecule has 2 aliphatic heterocycles. The summed E-state index contributed by atoms with van der Waals surface area (Å²) in [5, 5.41) is 18.7. The Kier molecular flexibility index (Phi) is 2.32. The van der Waals surface area contributed by atoms with Gasteiger partial charge in [-0.1, -0.05) is 6.92 Å². The minimum absolute atomic E-state index is 0.240. The van der Waals surface area contributed by atoms with Gasteiger partial charge in [-0.15, -0.1) is 0 Å². The maximum absolute atomic E-state index is 9.33. The lowest BCUT2D eigenvalue weighted by molar-refractivity contribution is -0.113. The second-order valence-corrected chi connectivity index (χ2v) is 4.63. The van der Waals surface area contributed by atoms with E-state index >= 15 is 0 Å². The number of ether oxygens (including phenoxy) is 1. The number of likely N-dealkylation sites (tertiary alicyclic amines) is 1. The van der Waals surface area contributed by atoms with E-state index in [2.05, 4.69) is 11.8 Å². The lowest BCUT2D eigenvalue weighted by Crippen LogP contribution is -2.48. The second-order valence-electron chi connectivity index (χ2n) is 4.63. The molecule has 2 fully saturated rings. The molecule has 13 heavy (non-hydrogen) atoms. The average Bonchev–Trinajstić information content (AvgIpc) is 2.28. The molecule has 0 aromatic carbocycles. The fraction of sp³-hybridized carbons (Fsp3) is 1.00. The second kappa shape index (κ2) is 3.20. The zero-order valence-electron chi connectivity index (χ0n) is 7.94. The van der Waals surface area contributed by atoms with E-state index in [1.807, 2.05) is 0 Å². The van der Waals surface area contributed by atoms with Crippen LogP contribution in [0.2, 0.25) is 0 Å². The largest absolute Gasteiger partial charge is 0.389 e. The van der Waals surface area contributed by atoms with Crippen molar-refractivity contribution in [2.24, 2.45) is 5.41 Å². The van der Waals surface area contributed by atoms with E-state index in [0.29, 0.717) is 13.1 Å². The highest BCUT2D eigenvalue weighted by molar-refractivity contribution is 4.90. The molecule has 2 N–H and O–H groups in total. The third kappa shape index (κ3) is 1.86. The smallest absolute Gasteiger partial charge is 0.0938 e. The van der Waals surface area contributed by atoms with Crippen molar-refractivity contribution < 1.29 is 14.9 Å². The quantitative estimate of drug-likeness (QED) is 0.586. The summed E-state index contributed by atoms with van der Waals surface area (Å²) >= 11 is 0. The summed E-state index contributed by atoms with van der Waals surface area (Å²) in [5.74, 6) is 0. The third-order valence-corrected chi connectivity index (χ3v) is 2.84. The van der Waals surface area contributed by atoms with Crippen LogP contribution in [0.5, 0.6) is 0 Å². The van der Waals surface area contributed by atoms with Crippen LogP contribution in [0.1, 0.15) is 6.92 Å². The fourth-order valence-corrected chi connectivity index (χ4v) is 2.06. The topological polar surface area (TPSA) is 52.9 Å². The van der Waals surface area contributed by atoms with Gasteiger partial charge < -0.3 is 14.9 Å². The number of nitrogens with zero attached hydrogens (tertiary/aromatic N) is 1. The molecule has 0 aromatic heterocycles. The Morgan fingerprint density at radius 3 is 2.23 bits per heavy atom. The summed E-state index contributed by atoms with van der Waals surface area (Å²) in [6.45, 7) is 5.88.